The van der Waals surface area contributed by atoms with E-state index in [9.17, 15) is 4.79 Å². The summed E-state index contributed by atoms with van der Waals surface area (Å²) in [5, 5.41) is 0. The molecule has 0 fully saturated rings. The van der Waals surface area contributed by atoms with Gasteiger partial charge in [-0.25, -0.2) is 0 Å². The standard InChI is InChI=1S/C11H16O/c1-4-5-6-7-8-10(2)9-11(3)12/h9H,4-6H2,1-3H3/b10-9-. The number of carbonyl (C=O) groups is 1. The fraction of sp³-hybridized carbons (Fsp3) is 0.545. The normalized spacial score (nSPS) is 10.4. The van der Waals surface area contributed by atoms with Crippen LogP contribution in [0.25, 0.3) is 0 Å². The number of hydrogen-bond donors (Lipinski definition) is 0. The summed E-state index contributed by atoms with van der Waals surface area (Å²) in [6.45, 7) is 5.54. The lowest BCUT2D eigenvalue weighted by atomic mass is 10.2. The number of carbonyl (C=O) groups excluding carboxylic acids is 1. The van der Waals surface area contributed by atoms with Crippen LogP contribution in [0.1, 0.15) is 40.0 Å². The summed E-state index contributed by atoms with van der Waals surface area (Å²) in [7, 11) is 0. The van der Waals surface area contributed by atoms with Crippen molar-refractivity contribution < 1.29 is 4.79 Å². The Morgan fingerprint density at radius 1 is 1.42 bits per heavy atom. The number of unbranched alkanes of at least 4 members (excludes halogenated alkanes) is 2. The van der Waals surface area contributed by atoms with Gasteiger partial charge in [-0.3, -0.25) is 4.79 Å². The summed E-state index contributed by atoms with van der Waals surface area (Å²) in [6, 6.07) is 0. The summed E-state index contributed by atoms with van der Waals surface area (Å²) in [6.07, 6.45) is 4.81. The molecule has 1 nitrogen and oxygen atoms in total. The molecule has 0 spiro atoms. The van der Waals surface area contributed by atoms with Crippen molar-refractivity contribution in [2.45, 2.75) is 40.0 Å². The van der Waals surface area contributed by atoms with E-state index in [0.29, 0.717) is 0 Å². The van der Waals surface area contributed by atoms with E-state index in [-0.39, 0.29) is 5.78 Å². The number of hydrogen-bond acceptors (Lipinski definition) is 1. The summed E-state index contributed by atoms with van der Waals surface area (Å²) in [5.41, 5.74) is 0.860. The Labute approximate surface area is 74.9 Å². The predicted molar refractivity (Wildman–Crippen MR) is 51.7 cm³/mol. The van der Waals surface area contributed by atoms with Gasteiger partial charge in [0.2, 0.25) is 0 Å². The second-order valence-electron chi connectivity index (χ2n) is 2.84. The van der Waals surface area contributed by atoms with E-state index in [4.69, 9.17) is 0 Å². The molecular formula is C11H16O. The van der Waals surface area contributed by atoms with E-state index in [1.807, 2.05) is 6.92 Å². The molecule has 0 aliphatic heterocycles. The molecule has 66 valence electrons. The van der Waals surface area contributed by atoms with Gasteiger partial charge < -0.3 is 0 Å². The van der Waals surface area contributed by atoms with Crippen molar-refractivity contribution in [2.75, 3.05) is 0 Å². The molecule has 0 radical (unpaired) electrons. The van der Waals surface area contributed by atoms with Crippen molar-refractivity contribution in [1.82, 2.24) is 0 Å². The fourth-order valence-corrected chi connectivity index (χ4v) is 0.808. The monoisotopic (exact) mass is 164 g/mol. The first-order valence-corrected chi connectivity index (χ1v) is 4.34. The molecule has 0 N–H and O–H groups in total. The predicted octanol–water partition coefficient (Wildman–Crippen LogP) is 2.72. The van der Waals surface area contributed by atoms with Gasteiger partial charge in [-0.15, -0.1) is 0 Å². The van der Waals surface area contributed by atoms with Crippen molar-refractivity contribution in [2.24, 2.45) is 0 Å². The van der Waals surface area contributed by atoms with E-state index < -0.39 is 0 Å². The smallest absolute Gasteiger partial charge is 0.153 e. The van der Waals surface area contributed by atoms with Gasteiger partial charge in [-0.2, -0.15) is 0 Å². The maximum atomic E-state index is 10.6. The number of ketones is 1. The highest BCUT2D eigenvalue weighted by atomic mass is 16.1. The third-order valence-electron chi connectivity index (χ3n) is 1.36. The first-order chi connectivity index (χ1) is 5.66. The summed E-state index contributed by atoms with van der Waals surface area (Å²) in [4.78, 5) is 10.6. The summed E-state index contributed by atoms with van der Waals surface area (Å²) >= 11 is 0. The zero-order valence-corrected chi connectivity index (χ0v) is 8.11. The lowest BCUT2D eigenvalue weighted by molar-refractivity contribution is -0.112. The largest absolute Gasteiger partial charge is 0.295 e. The molecule has 0 aliphatic rings. The minimum absolute atomic E-state index is 0.0669. The van der Waals surface area contributed by atoms with E-state index in [1.165, 1.54) is 13.3 Å². The molecule has 0 unspecified atom stereocenters. The van der Waals surface area contributed by atoms with Crippen LogP contribution >= 0.6 is 0 Å². The van der Waals surface area contributed by atoms with Crippen LogP contribution in [0, 0.1) is 11.8 Å². The molecule has 0 bridgehead atoms. The molecule has 0 rings (SSSR count). The zero-order chi connectivity index (χ0) is 9.40. The van der Waals surface area contributed by atoms with Crippen LogP contribution in [0.2, 0.25) is 0 Å². The highest BCUT2D eigenvalue weighted by Crippen LogP contribution is 1.93. The van der Waals surface area contributed by atoms with Crippen LogP contribution < -0.4 is 0 Å². The van der Waals surface area contributed by atoms with Gasteiger partial charge in [-0.05, 0) is 26.3 Å². The van der Waals surface area contributed by atoms with Gasteiger partial charge in [0.25, 0.3) is 0 Å². The SMILES string of the molecule is CCCCC#C/C(C)=C\C(C)=O. The summed E-state index contributed by atoms with van der Waals surface area (Å²) in [5.74, 6) is 6.03. The Morgan fingerprint density at radius 3 is 2.58 bits per heavy atom. The molecule has 0 aromatic carbocycles. The topological polar surface area (TPSA) is 17.1 Å². The van der Waals surface area contributed by atoms with E-state index in [2.05, 4.69) is 18.8 Å². The van der Waals surface area contributed by atoms with Crippen LogP contribution in [0.5, 0.6) is 0 Å². The Balaban J connectivity index is 3.86. The molecule has 0 aliphatic carbocycles. The van der Waals surface area contributed by atoms with Gasteiger partial charge in [-0.1, -0.05) is 25.2 Å². The van der Waals surface area contributed by atoms with Crippen molar-refractivity contribution in [1.29, 1.82) is 0 Å². The average Bonchev–Trinajstić information content (AvgIpc) is 1.97. The Morgan fingerprint density at radius 2 is 2.08 bits per heavy atom. The average molecular weight is 164 g/mol. The molecule has 12 heavy (non-hydrogen) atoms. The van der Waals surface area contributed by atoms with E-state index in [1.54, 1.807) is 6.08 Å². The van der Waals surface area contributed by atoms with Crippen LogP contribution in [0.4, 0.5) is 0 Å². The zero-order valence-electron chi connectivity index (χ0n) is 8.11. The molecule has 0 saturated heterocycles. The lowest BCUT2D eigenvalue weighted by Gasteiger charge is -1.86. The van der Waals surface area contributed by atoms with Crippen LogP contribution in [0.3, 0.4) is 0 Å². The first-order valence-electron chi connectivity index (χ1n) is 4.34. The number of allylic oxidation sites excluding steroid dienone is 2. The van der Waals surface area contributed by atoms with E-state index >= 15 is 0 Å². The molecule has 0 amide bonds. The third kappa shape index (κ3) is 7.08. The van der Waals surface area contributed by atoms with Crippen molar-refractivity contribution in [3.8, 4) is 11.8 Å². The second-order valence-corrected chi connectivity index (χ2v) is 2.84. The van der Waals surface area contributed by atoms with Gasteiger partial charge >= 0.3 is 0 Å². The van der Waals surface area contributed by atoms with Crippen LogP contribution in [0.15, 0.2) is 11.6 Å². The minimum Gasteiger partial charge on any atom is -0.295 e. The first kappa shape index (κ1) is 11.0. The highest BCUT2D eigenvalue weighted by Gasteiger charge is 1.85. The molecule has 0 aromatic rings. The number of rotatable bonds is 3. The molecule has 0 aromatic heterocycles. The second kappa shape index (κ2) is 6.67. The van der Waals surface area contributed by atoms with Crippen LogP contribution in [-0.2, 0) is 4.79 Å². The third-order valence-corrected chi connectivity index (χ3v) is 1.36. The molecule has 1 heteroatoms. The van der Waals surface area contributed by atoms with Gasteiger partial charge in [0.1, 0.15) is 0 Å². The Hall–Kier alpha value is -1.03. The Bertz CT molecular complexity index is 225. The fourth-order valence-electron chi connectivity index (χ4n) is 0.808. The van der Waals surface area contributed by atoms with E-state index in [0.717, 1.165) is 18.4 Å². The Kier molecular flexibility index (Phi) is 6.09. The maximum absolute atomic E-state index is 10.6. The maximum Gasteiger partial charge on any atom is 0.153 e. The molecule has 0 atom stereocenters. The van der Waals surface area contributed by atoms with Crippen molar-refractivity contribution in [3.63, 3.8) is 0 Å². The van der Waals surface area contributed by atoms with Gasteiger partial charge in [0.05, 0.1) is 0 Å². The van der Waals surface area contributed by atoms with Crippen LogP contribution in [-0.4, -0.2) is 5.78 Å². The van der Waals surface area contributed by atoms with Crippen molar-refractivity contribution >= 4 is 5.78 Å². The molecule has 0 heterocycles. The highest BCUT2D eigenvalue weighted by molar-refractivity contribution is 5.88. The lowest BCUT2D eigenvalue weighted by Crippen LogP contribution is -1.82. The minimum atomic E-state index is 0.0669. The molecule has 0 saturated carbocycles. The summed E-state index contributed by atoms with van der Waals surface area (Å²) < 4.78 is 0. The molecular weight excluding hydrogens is 148 g/mol. The quantitative estimate of drug-likeness (QED) is 0.356. The van der Waals surface area contributed by atoms with Gasteiger partial charge in [0.15, 0.2) is 5.78 Å². The van der Waals surface area contributed by atoms with Crippen molar-refractivity contribution in [3.05, 3.63) is 11.6 Å². The van der Waals surface area contributed by atoms with Gasteiger partial charge in [0, 0.05) is 12.0 Å².